The van der Waals surface area contributed by atoms with Crippen LogP contribution in [0.15, 0.2) is 30.3 Å². The molecule has 1 unspecified atom stereocenters. The zero-order valence-electron chi connectivity index (χ0n) is 7.82. The summed E-state index contributed by atoms with van der Waals surface area (Å²) in [6.07, 6.45) is -0.0105. The van der Waals surface area contributed by atoms with Crippen LogP contribution in [0, 0.1) is 0 Å². The highest BCUT2D eigenvalue weighted by Gasteiger charge is 2.18. The molecule has 0 bridgehead atoms. The van der Waals surface area contributed by atoms with Gasteiger partial charge in [0.15, 0.2) is 0 Å². The molecule has 0 saturated carbocycles. The van der Waals surface area contributed by atoms with Crippen molar-refractivity contribution in [2.75, 3.05) is 25.0 Å². The molecule has 1 aliphatic heterocycles. The van der Waals surface area contributed by atoms with Gasteiger partial charge in [-0.1, -0.05) is 18.2 Å². The second-order valence-corrected chi connectivity index (χ2v) is 3.72. The third kappa shape index (κ3) is 2.61. The lowest BCUT2D eigenvalue weighted by atomic mass is 10.3. The average Bonchev–Trinajstić information content (AvgIpc) is 2.19. The normalized spacial score (nSPS) is 23.4. The summed E-state index contributed by atoms with van der Waals surface area (Å²) in [4.78, 5) is 0. The molecule has 1 heterocycles. The van der Waals surface area contributed by atoms with Crippen molar-refractivity contribution < 1.29 is 4.74 Å². The highest BCUT2D eigenvalue weighted by molar-refractivity contribution is 6.13. The first-order chi connectivity index (χ1) is 6.84. The van der Waals surface area contributed by atoms with Gasteiger partial charge in [-0.15, -0.1) is 0 Å². The maximum absolute atomic E-state index is 5.89. The topological polar surface area (TPSA) is 24.5 Å². The van der Waals surface area contributed by atoms with E-state index in [4.69, 9.17) is 16.5 Å². The second-order valence-electron chi connectivity index (χ2n) is 3.24. The SMILES string of the molecule is ClN1CCOC(Nc2ccccc2)C1. The molecule has 1 fully saturated rings. The summed E-state index contributed by atoms with van der Waals surface area (Å²) in [6.45, 7) is 2.17. The van der Waals surface area contributed by atoms with Crippen LogP contribution in [-0.4, -0.2) is 30.3 Å². The second kappa shape index (κ2) is 4.64. The van der Waals surface area contributed by atoms with Crippen LogP contribution in [0.3, 0.4) is 0 Å². The average molecular weight is 213 g/mol. The van der Waals surface area contributed by atoms with Crippen molar-refractivity contribution in [2.24, 2.45) is 0 Å². The Balaban J connectivity index is 1.91. The van der Waals surface area contributed by atoms with E-state index in [1.807, 2.05) is 30.3 Å². The molecule has 1 saturated heterocycles. The van der Waals surface area contributed by atoms with E-state index >= 15 is 0 Å². The summed E-state index contributed by atoms with van der Waals surface area (Å²) in [7, 11) is 0. The summed E-state index contributed by atoms with van der Waals surface area (Å²) in [6, 6.07) is 9.99. The van der Waals surface area contributed by atoms with Crippen molar-refractivity contribution in [1.82, 2.24) is 4.42 Å². The number of hydrogen-bond donors (Lipinski definition) is 1. The van der Waals surface area contributed by atoms with Gasteiger partial charge in [-0.3, -0.25) is 0 Å². The lowest BCUT2D eigenvalue weighted by Crippen LogP contribution is -2.41. The Kier molecular flexibility index (Phi) is 3.24. The molecule has 2 rings (SSSR count). The van der Waals surface area contributed by atoms with E-state index in [0.29, 0.717) is 13.2 Å². The lowest BCUT2D eigenvalue weighted by Gasteiger charge is -2.29. The summed E-state index contributed by atoms with van der Waals surface area (Å²) in [5.74, 6) is 0. The number of nitrogens with zero attached hydrogens (tertiary/aromatic N) is 1. The van der Waals surface area contributed by atoms with E-state index in [2.05, 4.69) is 5.32 Å². The molecule has 0 aromatic heterocycles. The fourth-order valence-corrected chi connectivity index (χ4v) is 1.62. The Morgan fingerprint density at radius 1 is 1.36 bits per heavy atom. The number of hydrogen-bond acceptors (Lipinski definition) is 3. The van der Waals surface area contributed by atoms with Gasteiger partial charge in [0.2, 0.25) is 0 Å². The number of para-hydroxylation sites is 1. The summed E-state index contributed by atoms with van der Waals surface area (Å²) < 4.78 is 7.26. The van der Waals surface area contributed by atoms with Crippen LogP contribution in [0.5, 0.6) is 0 Å². The van der Waals surface area contributed by atoms with Crippen LogP contribution < -0.4 is 5.32 Å². The Hall–Kier alpha value is -0.770. The largest absolute Gasteiger partial charge is 0.359 e. The van der Waals surface area contributed by atoms with Crippen LogP contribution in [0.1, 0.15) is 0 Å². The zero-order valence-corrected chi connectivity index (χ0v) is 8.57. The first-order valence-corrected chi connectivity index (χ1v) is 5.02. The van der Waals surface area contributed by atoms with Gasteiger partial charge in [0.1, 0.15) is 6.23 Å². The number of rotatable bonds is 2. The molecule has 76 valence electrons. The minimum Gasteiger partial charge on any atom is -0.359 e. The molecule has 1 N–H and O–H groups in total. The third-order valence-corrected chi connectivity index (χ3v) is 2.43. The number of nitrogens with one attached hydrogen (secondary N) is 1. The van der Waals surface area contributed by atoms with Crippen LogP contribution in [0.25, 0.3) is 0 Å². The molecular weight excluding hydrogens is 200 g/mol. The highest BCUT2D eigenvalue weighted by Crippen LogP contribution is 2.12. The molecule has 1 aromatic rings. The Morgan fingerprint density at radius 2 is 2.14 bits per heavy atom. The summed E-state index contributed by atoms with van der Waals surface area (Å²) in [5.41, 5.74) is 1.06. The van der Waals surface area contributed by atoms with Gasteiger partial charge in [0.25, 0.3) is 0 Å². The third-order valence-electron chi connectivity index (χ3n) is 2.12. The number of benzene rings is 1. The minimum atomic E-state index is -0.0105. The minimum absolute atomic E-state index is 0.0105. The van der Waals surface area contributed by atoms with Gasteiger partial charge >= 0.3 is 0 Å². The number of morpholine rings is 1. The first-order valence-electron chi connectivity index (χ1n) is 4.68. The van der Waals surface area contributed by atoms with Crippen LogP contribution in [0.2, 0.25) is 0 Å². The predicted octanol–water partition coefficient (Wildman–Crippen LogP) is 1.91. The summed E-state index contributed by atoms with van der Waals surface area (Å²) in [5, 5.41) is 3.26. The Bertz CT molecular complexity index is 281. The number of anilines is 1. The van der Waals surface area contributed by atoms with Crippen LogP contribution in [0.4, 0.5) is 5.69 Å². The number of halogens is 1. The molecule has 0 amide bonds. The van der Waals surface area contributed by atoms with Gasteiger partial charge in [-0.05, 0) is 23.9 Å². The Labute approximate surface area is 88.7 Å². The molecule has 14 heavy (non-hydrogen) atoms. The molecular formula is C10H13ClN2O. The standard InChI is InChI=1S/C10H13ClN2O/c11-13-6-7-14-10(8-13)12-9-4-2-1-3-5-9/h1-5,10,12H,6-8H2. The molecule has 1 aliphatic rings. The van der Waals surface area contributed by atoms with Crippen molar-refractivity contribution in [1.29, 1.82) is 0 Å². The van der Waals surface area contributed by atoms with E-state index < -0.39 is 0 Å². The van der Waals surface area contributed by atoms with Crippen molar-refractivity contribution in [3.8, 4) is 0 Å². The fraction of sp³-hybridized carbons (Fsp3) is 0.400. The van der Waals surface area contributed by atoms with Crippen LogP contribution in [-0.2, 0) is 4.74 Å². The van der Waals surface area contributed by atoms with E-state index in [9.17, 15) is 0 Å². The molecule has 4 heteroatoms. The van der Waals surface area contributed by atoms with Gasteiger partial charge in [0.05, 0.1) is 13.2 Å². The highest BCUT2D eigenvalue weighted by atomic mass is 35.5. The molecule has 0 spiro atoms. The molecule has 1 aromatic carbocycles. The summed E-state index contributed by atoms with van der Waals surface area (Å²) >= 11 is 5.89. The molecule has 3 nitrogen and oxygen atoms in total. The van der Waals surface area contributed by atoms with Crippen molar-refractivity contribution in [3.63, 3.8) is 0 Å². The maximum Gasteiger partial charge on any atom is 0.141 e. The van der Waals surface area contributed by atoms with Crippen molar-refractivity contribution in [2.45, 2.75) is 6.23 Å². The lowest BCUT2D eigenvalue weighted by molar-refractivity contribution is 0.0163. The fourth-order valence-electron chi connectivity index (χ4n) is 1.43. The van der Waals surface area contributed by atoms with Gasteiger partial charge in [-0.2, -0.15) is 0 Å². The monoisotopic (exact) mass is 212 g/mol. The van der Waals surface area contributed by atoms with Crippen molar-refractivity contribution in [3.05, 3.63) is 30.3 Å². The first kappa shape index (κ1) is 9.77. The number of ether oxygens (including phenoxy) is 1. The van der Waals surface area contributed by atoms with Gasteiger partial charge in [0, 0.05) is 12.2 Å². The van der Waals surface area contributed by atoms with Gasteiger partial charge in [-0.25, -0.2) is 4.42 Å². The predicted molar refractivity (Wildman–Crippen MR) is 57.2 cm³/mol. The smallest absolute Gasteiger partial charge is 0.141 e. The van der Waals surface area contributed by atoms with Crippen LogP contribution >= 0.6 is 11.8 Å². The molecule has 1 atom stereocenters. The maximum atomic E-state index is 5.89. The Morgan fingerprint density at radius 3 is 2.86 bits per heavy atom. The molecule has 0 aliphatic carbocycles. The van der Waals surface area contributed by atoms with Gasteiger partial charge < -0.3 is 10.1 Å². The van der Waals surface area contributed by atoms with E-state index in [1.165, 1.54) is 0 Å². The quantitative estimate of drug-likeness (QED) is 0.758. The van der Waals surface area contributed by atoms with E-state index in [1.54, 1.807) is 4.42 Å². The van der Waals surface area contributed by atoms with Crippen molar-refractivity contribution >= 4 is 17.5 Å². The zero-order chi connectivity index (χ0) is 9.80. The van der Waals surface area contributed by atoms with E-state index in [0.717, 1.165) is 12.2 Å². The van der Waals surface area contributed by atoms with E-state index in [-0.39, 0.29) is 6.23 Å². The molecule has 0 radical (unpaired) electrons.